The Morgan fingerprint density at radius 1 is 1.22 bits per heavy atom. The second-order valence-corrected chi connectivity index (χ2v) is 6.96. The lowest BCUT2D eigenvalue weighted by atomic mass is 10.1. The molecule has 0 spiro atoms. The summed E-state index contributed by atoms with van der Waals surface area (Å²) in [5, 5.41) is 0.0984. The molecule has 0 saturated carbocycles. The van der Waals surface area contributed by atoms with E-state index in [-0.39, 0.29) is 11.4 Å². The highest BCUT2D eigenvalue weighted by atomic mass is 35.5. The minimum Gasteiger partial charge on any atom is -0.209 e. The van der Waals surface area contributed by atoms with Gasteiger partial charge in [-0.05, 0) is 44.4 Å². The number of hydrogen-bond donors (Lipinski definition) is 1. The van der Waals surface area contributed by atoms with Gasteiger partial charge < -0.3 is 0 Å². The minimum absolute atomic E-state index is 0.0984. The lowest BCUT2D eigenvalue weighted by molar-refractivity contribution is 0.570. The van der Waals surface area contributed by atoms with Crippen LogP contribution in [-0.2, 0) is 16.4 Å². The topological polar surface area (TPSA) is 46.2 Å². The third-order valence-corrected chi connectivity index (χ3v) is 4.66. The van der Waals surface area contributed by atoms with Crippen LogP contribution in [0.15, 0.2) is 29.2 Å². The van der Waals surface area contributed by atoms with Gasteiger partial charge in [0.1, 0.15) is 0 Å². The second kappa shape index (κ2) is 6.55. The van der Waals surface area contributed by atoms with Crippen molar-refractivity contribution in [3.05, 3.63) is 29.8 Å². The largest absolute Gasteiger partial charge is 0.240 e. The SMILES string of the molecule is CCC(Cl)Cc1ccc(S(=O)(=O)NC(C)C)cc1. The smallest absolute Gasteiger partial charge is 0.209 e. The number of rotatable bonds is 6. The molecular formula is C13H20ClNO2S. The van der Waals surface area contributed by atoms with E-state index in [1.165, 1.54) is 0 Å². The van der Waals surface area contributed by atoms with Crippen molar-refractivity contribution in [1.29, 1.82) is 0 Å². The first-order chi connectivity index (χ1) is 8.35. The summed E-state index contributed by atoms with van der Waals surface area (Å²) in [6.45, 7) is 5.62. The fourth-order valence-electron chi connectivity index (χ4n) is 1.58. The zero-order valence-electron chi connectivity index (χ0n) is 11.0. The van der Waals surface area contributed by atoms with Gasteiger partial charge in [-0.1, -0.05) is 19.1 Å². The van der Waals surface area contributed by atoms with E-state index < -0.39 is 10.0 Å². The molecule has 5 heteroatoms. The molecule has 1 aromatic carbocycles. The molecule has 0 radical (unpaired) electrons. The molecule has 1 atom stereocenters. The van der Waals surface area contributed by atoms with Crippen LogP contribution in [0.2, 0.25) is 0 Å². The van der Waals surface area contributed by atoms with Crippen molar-refractivity contribution in [1.82, 2.24) is 4.72 Å². The Morgan fingerprint density at radius 3 is 2.22 bits per heavy atom. The van der Waals surface area contributed by atoms with Crippen molar-refractivity contribution >= 4 is 21.6 Å². The van der Waals surface area contributed by atoms with Crippen molar-refractivity contribution in [2.75, 3.05) is 0 Å². The van der Waals surface area contributed by atoms with Crippen LogP contribution in [0.4, 0.5) is 0 Å². The van der Waals surface area contributed by atoms with Gasteiger partial charge in [0.25, 0.3) is 0 Å². The van der Waals surface area contributed by atoms with E-state index in [4.69, 9.17) is 11.6 Å². The summed E-state index contributed by atoms with van der Waals surface area (Å²) in [6, 6.07) is 6.78. The number of sulfonamides is 1. The maximum absolute atomic E-state index is 11.9. The molecule has 1 aromatic rings. The highest BCUT2D eigenvalue weighted by molar-refractivity contribution is 7.89. The standard InChI is InChI=1S/C13H20ClNO2S/c1-4-12(14)9-11-5-7-13(8-6-11)18(16,17)15-10(2)3/h5-8,10,12,15H,4,9H2,1-3H3. The van der Waals surface area contributed by atoms with Gasteiger partial charge in [0.05, 0.1) is 4.90 Å². The number of halogens is 1. The highest BCUT2D eigenvalue weighted by Crippen LogP contribution is 2.15. The van der Waals surface area contributed by atoms with Crippen LogP contribution < -0.4 is 4.72 Å². The van der Waals surface area contributed by atoms with Gasteiger partial charge in [-0.2, -0.15) is 0 Å². The first-order valence-electron chi connectivity index (χ1n) is 6.10. The van der Waals surface area contributed by atoms with E-state index >= 15 is 0 Å². The minimum atomic E-state index is -3.39. The van der Waals surface area contributed by atoms with Crippen LogP contribution in [0.25, 0.3) is 0 Å². The fraction of sp³-hybridized carbons (Fsp3) is 0.538. The molecular weight excluding hydrogens is 270 g/mol. The first kappa shape index (κ1) is 15.5. The Balaban J connectivity index is 2.83. The van der Waals surface area contributed by atoms with Crippen LogP contribution in [0.5, 0.6) is 0 Å². The number of hydrogen-bond acceptors (Lipinski definition) is 2. The normalized spacial score (nSPS) is 13.8. The zero-order valence-corrected chi connectivity index (χ0v) is 12.6. The molecule has 3 nitrogen and oxygen atoms in total. The summed E-state index contributed by atoms with van der Waals surface area (Å²) in [4.78, 5) is 0.294. The molecule has 0 fully saturated rings. The molecule has 0 bridgehead atoms. The van der Waals surface area contributed by atoms with Gasteiger partial charge in [0.15, 0.2) is 0 Å². The van der Waals surface area contributed by atoms with Crippen molar-refractivity contribution < 1.29 is 8.42 Å². The fourth-order valence-corrected chi connectivity index (χ4v) is 3.01. The first-order valence-corrected chi connectivity index (χ1v) is 8.02. The van der Waals surface area contributed by atoms with Crippen molar-refractivity contribution in [2.45, 2.75) is 49.9 Å². The highest BCUT2D eigenvalue weighted by Gasteiger charge is 2.15. The number of nitrogens with one attached hydrogen (secondary N) is 1. The van der Waals surface area contributed by atoms with E-state index in [1.807, 2.05) is 19.1 Å². The van der Waals surface area contributed by atoms with E-state index in [1.54, 1.807) is 26.0 Å². The van der Waals surface area contributed by atoms with Gasteiger partial charge in [-0.3, -0.25) is 0 Å². The second-order valence-electron chi connectivity index (χ2n) is 4.63. The maximum Gasteiger partial charge on any atom is 0.240 e. The molecule has 0 heterocycles. The monoisotopic (exact) mass is 289 g/mol. The average Bonchev–Trinajstić information content (AvgIpc) is 2.28. The van der Waals surface area contributed by atoms with E-state index in [2.05, 4.69) is 4.72 Å². The van der Waals surface area contributed by atoms with Crippen molar-refractivity contribution in [2.24, 2.45) is 0 Å². The molecule has 1 unspecified atom stereocenters. The lowest BCUT2D eigenvalue weighted by Gasteiger charge is -2.11. The quantitative estimate of drug-likeness (QED) is 0.819. The van der Waals surface area contributed by atoms with Crippen molar-refractivity contribution in [3.63, 3.8) is 0 Å². The van der Waals surface area contributed by atoms with E-state index in [0.29, 0.717) is 4.90 Å². The third kappa shape index (κ3) is 4.59. The summed E-state index contributed by atoms with van der Waals surface area (Å²) in [7, 11) is -3.39. The summed E-state index contributed by atoms with van der Waals surface area (Å²) >= 11 is 6.07. The van der Waals surface area contributed by atoms with E-state index in [9.17, 15) is 8.42 Å². The predicted octanol–water partition coefficient (Wildman–Crippen LogP) is 2.93. The van der Waals surface area contributed by atoms with Crippen LogP contribution in [0, 0.1) is 0 Å². The molecule has 0 aromatic heterocycles. The zero-order chi connectivity index (χ0) is 13.8. The Morgan fingerprint density at radius 2 is 1.78 bits per heavy atom. The van der Waals surface area contributed by atoms with Crippen LogP contribution in [0.1, 0.15) is 32.8 Å². The number of alkyl halides is 1. The molecule has 0 aliphatic rings. The van der Waals surface area contributed by atoms with Crippen LogP contribution in [0.3, 0.4) is 0 Å². The summed E-state index contributed by atoms with van der Waals surface area (Å²) in [5.74, 6) is 0. The van der Waals surface area contributed by atoms with Gasteiger partial charge in [0.2, 0.25) is 10.0 Å². The molecule has 0 aliphatic carbocycles. The summed E-state index contributed by atoms with van der Waals surface area (Å²) in [5.41, 5.74) is 1.06. The Labute approximate surface area is 115 Å². The third-order valence-electron chi connectivity index (χ3n) is 2.52. The Kier molecular flexibility index (Phi) is 5.63. The van der Waals surface area contributed by atoms with Gasteiger partial charge in [-0.15, -0.1) is 11.6 Å². The average molecular weight is 290 g/mol. The van der Waals surface area contributed by atoms with Gasteiger partial charge in [0, 0.05) is 11.4 Å². The Bertz CT molecular complexity index is 468. The molecule has 0 amide bonds. The molecule has 0 aliphatic heterocycles. The molecule has 18 heavy (non-hydrogen) atoms. The van der Waals surface area contributed by atoms with Gasteiger partial charge >= 0.3 is 0 Å². The van der Waals surface area contributed by atoms with Crippen molar-refractivity contribution in [3.8, 4) is 0 Å². The van der Waals surface area contributed by atoms with Crippen LogP contribution in [-0.4, -0.2) is 19.8 Å². The maximum atomic E-state index is 11.9. The lowest BCUT2D eigenvalue weighted by Crippen LogP contribution is -2.30. The predicted molar refractivity (Wildman–Crippen MR) is 75.5 cm³/mol. The molecule has 102 valence electrons. The Hall–Kier alpha value is -0.580. The molecule has 1 N–H and O–H groups in total. The van der Waals surface area contributed by atoms with Gasteiger partial charge in [-0.25, -0.2) is 13.1 Å². The summed E-state index contributed by atoms with van der Waals surface area (Å²) < 4.78 is 26.3. The molecule has 0 saturated heterocycles. The van der Waals surface area contributed by atoms with E-state index in [0.717, 1.165) is 18.4 Å². The molecule has 1 rings (SSSR count). The van der Waals surface area contributed by atoms with Crippen LogP contribution >= 0.6 is 11.6 Å². The summed E-state index contributed by atoms with van der Waals surface area (Å²) in [6.07, 6.45) is 1.66. The number of benzene rings is 1.